The molecule has 0 aliphatic carbocycles. The molecule has 122 valence electrons. The zero-order valence-corrected chi connectivity index (χ0v) is 14.1. The van der Waals surface area contributed by atoms with E-state index in [-0.39, 0.29) is 13.4 Å². The Balaban J connectivity index is 2.07. The molecule has 0 bridgehead atoms. The highest BCUT2D eigenvalue weighted by Crippen LogP contribution is 2.41. The molecule has 1 atom stereocenters. The van der Waals surface area contributed by atoms with E-state index in [1.807, 2.05) is 0 Å². The summed E-state index contributed by atoms with van der Waals surface area (Å²) < 4.78 is 15.9. The van der Waals surface area contributed by atoms with Crippen LogP contribution < -0.4 is 20.1 Å². The fraction of sp³-hybridized carbons (Fsp3) is 0.333. The lowest BCUT2D eigenvalue weighted by atomic mass is 9.95. The number of fused-ring (bicyclic) bond motifs is 1. The van der Waals surface area contributed by atoms with Crippen LogP contribution in [0.1, 0.15) is 25.5 Å². The summed E-state index contributed by atoms with van der Waals surface area (Å²) in [5, 5.41) is 6.87. The third-order valence-electron chi connectivity index (χ3n) is 3.57. The monoisotopic (exact) mass is 354 g/mol. The highest BCUT2D eigenvalue weighted by Gasteiger charge is 2.33. The van der Waals surface area contributed by atoms with Crippen molar-refractivity contribution in [3.8, 4) is 11.5 Å². The van der Waals surface area contributed by atoms with Gasteiger partial charge >= 0.3 is 5.97 Å². The SMILES string of the molecule is CCOC(=O)C1=C(C)NC(=S)NC1c1cc2c(cc1Cl)OCO2. The molecule has 3 rings (SSSR count). The number of halogens is 1. The normalized spacial score (nSPS) is 19.3. The van der Waals surface area contributed by atoms with Gasteiger partial charge in [-0.25, -0.2) is 4.79 Å². The Morgan fingerprint density at radius 2 is 2.13 bits per heavy atom. The van der Waals surface area contributed by atoms with Crippen molar-refractivity contribution < 1.29 is 19.0 Å². The standard InChI is InChI=1S/C15H15ClN2O4S/c1-3-20-14(19)12-7(2)17-15(23)18-13(12)8-4-10-11(5-9(8)16)22-6-21-10/h4-5,13H,3,6H2,1-2H3,(H2,17,18,23). The number of thiocarbonyl (C=S) groups is 1. The topological polar surface area (TPSA) is 68.8 Å². The van der Waals surface area contributed by atoms with Gasteiger partial charge in [0.25, 0.3) is 0 Å². The Labute approximate surface area is 143 Å². The van der Waals surface area contributed by atoms with Gasteiger partial charge in [0.15, 0.2) is 16.6 Å². The number of rotatable bonds is 3. The molecular formula is C15H15ClN2O4S. The van der Waals surface area contributed by atoms with Gasteiger partial charge in [0.2, 0.25) is 6.79 Å². The van der Waals surface area contributed by atoms with Crippen LogP contribution in [0.4, 0.5) is 0 Å². The van der Waals surface area contributed by atoms with Gasteiger partial charge in [-0.2, -0.15) is 0 Å². The van der Waals surface area contributed by atoms with Crippen molar-refractivity contribution in [2.24, 2.45) is 0 Å². The Hall–Kier alpha value is -1.99. The lowest BCUT2D eigenvalue weighted by Gasteiger charge is -2.30. The lowest BCUT2D eigenvalue weighted by molar-refractivity contribution is -0.139. The van der Waals surface area contributed by atoms with Gasteiger partial charge in [-0.05, 0) is 32.1 Å². The molecular weight excluding hydrogens is 340 g/mol. The number of esters is 1. The van der Waals surface area contributed by atoms with Gasteiger partial charge < -0.3 is 24.8 Å². The Kier molecular flexibility index (Phi) is 4.32. The fourth-order valence-corrected chi connectivity index (χ4v) is 3.09. The minimum Gasteiger partial charge on any atom is -0.463 e. The first-order valence-electron chi connectivity index (χ1n) is 7.05. The smallest absolute Gasteiger partial charge is 0.338 e. The quantitative estimate of drug-likeness (QED) is 0.638. The zero-order chi connectivity index (χ0) is 16.6. The number of allylic oxidation sites excluding steroid dienone is 1. The van der Waals surface area contributed by atoms with Crippen molar-refractivity contribution in [3.63, 3.8) is 0 Å². The van der Waals surface area contributed by atoms with Crippen LogP contribution >= 0.6 is 23.8 Å². The second-order valence-electron chi connectivity index (χ2n) is 5.02. The van der Waals surface area contributed by atoms with E-state index in [9.17, 15) is 4.79 Å². The Morgan fingerprint density at radius 3 is 2.83 bits per heavy atom. The van der Waals surface area contributed by atoms with Crippen LogP contribution in [0.2, 0.25) is 5.02 Å². The summed E-state index contributed by atoms with van der Waals surface area (Å²) >= 11 is 11.6. The van der Waals surface area contributed by atoms with Gasteiger partial charge in [0, 0.05) is 17.3 Å². The van der Waals surface area contributed by atoms with Crippen molar-refractivity contribution in [1.29, 1.82) is 0 Å². The number of hydrogen-bond acceptors (Lipinski definition) is 5. The van der Waals surface area contributed by atoms with E-state index in [4.69, 9.17) is 38.0 Å². The average molecular weight is 355 g/mol. The number of benzene rings is 1. The van der Waals surface area contributed by atoms with Crippen molar-refractivity contribution >= 4 is 34.9 Å². The molecule has 1 unspecified atom stereocenters. The van der Waals surface area contributed by atoms with Crippen LogP contribution in [0.5, 0.6) is 11.5 Å². The molecule has 0 saturated carbocycles. The molecule has 0 saturated heterocycles. The van der Waals surface area contributed by atoms with Gasteiger partial charge in [0.05, 0.1) is 23.2 Å². The van der Waals surface area contributed by atoms with Crippen LogP contribution in [-0.2, 0) is 9.53 Å². The van der Waals surface area contributed by atoms with Crippen LogP contribution in [0.15, 0.2) is 23.4 Å². The van der Waals surface area contributed by atoms with Crippen molar-refractivity contribution in [1.82, 2.24) is 10.6 Å². The highest BCUT2D eigenvalue weighted by molar-refractivity contribution is 7.80. The number of ether oxygens (including phenoxy) is 3. The largest absolute Gasteiger partial charge is 0.463 e. The maximum Gasteiger partial charge on any atom is 0.338 e. The molecule has 1 aromatic rings. The first kappa shape index (κ1) is 15.9. The van der Waals surface area contributed by atoms with E-state index in [1.54, 1.807) is 26.0 Å². The van der Waals surface area contributed by atoms with E-state index in [0.717, 1.165) is 0 Å². The van der Waals surface area contributed by atoms with Crippen LogP contribution in [0, 0.1) is 0 Å². The summed E-state index contributed by atoms with van der Waals surface area (Å²) in [5.41, 5.74) is 1.73. The second-order valence-corrected chi connectivity index (χ2v) is 5.83. The first-order chi connectivity index (χ1) is 11.0. The summed E-state index contributed by atoms with van der Waals surface area (Å²) in [6, 6.07) is 2.90. The molecule has 2 aliphatic rings. The maximum absolute atomic E-state index is 12.3. The summed E-state index contributed by atoms with van der Waals surface area (Å²) in [6.07, 6.45) is 0. The van der Waals surface area contributed by atoms with Gasteiger partial charge in [-0.15, -0.1) is 0 Å². The molecule has 8 heteroatoms. The number of nitrogens with one attached hydrogen (secondary N) is 2. The Bertz CT molecular complexity index is 720. The second kappa shape index (κ2) is 6.25. The van der Waals surface area contributed by atoms with Crippen LogP contribution in [0.3, 0.4) is 0 Å². The molecule has 2 aliphatic heterocycles. The number of hydrogen-bond donors (Lipinski definition) is 2. The van der Waals surface area contributed by atoms with Crippen LogP contribution in [-0.4, -0.2) is 24.5 Å². The molecule has 1 aromatic carbocycles. The third-order valence-corrected chi connectivity index (χ3v) is 4.11. The molecule has 2 heterocycles. The summed E-state index contributed by atoms with van der Waals surface area (Å²) in [7, 11) is 0. The van der Waals surface area contributed by atoms with E-state index in [2.05, 4.69) is 10.6 Å². The molecule has 0 aromatic heterocycles. The van der Waals surface area contributed by atoms with Crippen molar-refractivity contribution in [2.75, 3.05) is 13.4 Å². The molecule has 0 radical (unpaired) electrons. The van der Waals surface area contributed by atoms with E-state index < -0.39 is 12.0 Å². The first-order valence-corrected chi connectivity index (χ1v) is 7.84. The number of carbonyl (C=O) groups excluding carboxylic acids is 1. The zero-order valence-electron chi connectivity index (χ0n) is 12.6. The van der Waals surface area contributed by atoms with Crippen molar-refractivity contribution in [2.45, 2.75) is 19.9 Å². The van der Waals surface area contributed by atoms with Gasteiger partial charge in [-0.1, -0.05) is 11.6 Å². The molecule has 0 spiro atoms. The molecule has 0 amide bonds. The predicted molar refractivity (Wildman–Crippen MR) is 88.5 cm³/mol. The van der Waals surface area contributed by atoms with Crippen molar-refractivity contribution in [3.05, 3.63) is 34.0 Å². The minimum atomic E-state index is -0.523. The van der Waals surface area contributed by atoms with Gasteiger partial charge in [-0.3, -0.25) is 0 Å². The summed E-state index contributed by atoms with van der Waals surface area (Å²) in [4.78, 5) is 12.3. The minimum absolute atomic E-state index is 0.146. The average Bonchev–Trinajstić information content (AvgIpc) is 2.92. The lowest BCUT2D eigenvalue weighted by Crippen LogP contribution is -2.45. The third kappa shape index (κ3) is 2.94. The van der Waals surface area contributed by atoms with Crippen LogP contribution in [0.25, 0.3) is 0 Å². The molecule has 6 nitrogen and oxygen atoms in total. The molecule has 0 fully saturated rings. The molecule has 2 N–H and O–H groups in total. The number of carbonyl (C=O) groups is 1. The summed E-state index contributed by atoms with van der Waals surface area (Å²) in [5.74, 6) is 0.733. The summed E-state index contributed by atoms with van der Waals surface area (Å²) in [6.45, 7) is 3.95. The van der Waals surface area contributed by atoms with E-state index in [0.29, 0.717) is 38.5 Å². The van der Waals surface area contributed by atoms with E-state index in [1.165, 1.54) is 0 Å². The van der Waals surface area contributed by atoms with Gasteiger partial charge in [0.1, 0.15) is 0 Å². The predicted octanol–water partition coefficient (Wildman–Crippen LogP) is 2.42. The molecule has 23 heavy (non-hydrogen) atoms. The van der Waals surface area contributed by atoms with E-state index >= 15 is 0 Å². The Morgan fingerprint density at radius 1 is 1.43 bits per heavy atom. The maximum atomic E-state index is 12.3. The fourth-order valence-electron chi connectivity index (χ4n) is 2.56. The highest BCUT2D eigenvalue weighted by atomic mass is 35.5.